The van der Waals surface area contributed by atoms with Crippen LogP contribution in [-0.2, 0) is 12.0 Å². The zero-order valence-corrected chi connectivity index (χ0v) is 14.2. The second-order valence-corrected chi connectivity index (χ2v) is 6.92. The number of hydrogen-bond donors (Lipinski definition) is 1. The predicted octanol–water partition coefficient (Wildman–Crippen LogP) is 3.80. The average Bonchev–Trinajstić information content (AvgIpc) is 2.36. The number of hydrogen-bond acceptors (Lipinski definition) is 2. The number of nitrogens with one attached hydrogen (secondary N) is 1. The number of likely N-dealkylation sites (N-methyl/N-ethyl adjacent to an activating group) is 1. The van der Waals surface area contributed by atoms with Crippen molar-refractivity contribution in [2.45, 2.75) is 59.5 Å². The highest BCUT2D eigenvalue weighted by molar-refractivity contribution is 5.27. The Morgan fingerprint density at radius 2 is 1.70 bits per heavy atom. The Balaban J connectivity index is 2.53. The summed E-state index contributed by atoms with van der Waals surface area (Å²) >= 11 is 0. The maximum atomic E-state index is 3.48. The molecular formula is C18H32N2. The second kappa shape index (κ2) is 7.80. The van der Waals surface area contributed by atoms with E-state index in [4.69, 9.17) is 0 Å². The maximum absolute atomic E-state index is 3.48. The Hall–Kier alpha value is -0.860. The summed E-state index contributed by atoms with van der Waals surface area (Å²) in [5.74, 6) is 0. The van der Waals surface area contributed by atoms with Gasteiger partial charge in [0.1, 0.15) is 0 Å². The maximum Gasteiger partial charge on any atom is 0.0234 e. The molecule has 0 heterocycles. The lowest BCUT2D eigenvalue weighted by Crippen LogP contribution is -2.34. The fourth-order valence-electron chi connectivity index (χ4n) is 2.23. The summed E-state index contributed by atoms with van der Waals surface area (Å²) in [5, 5.41) is 3.48. The van der Waals surface area contributed by atoms with Crippen LogP contribution in [-0.4, -0.2) is 30.6 Å². The van der Waals surface area contributed by atoms with Crippen molar-refractivity contribution in [2.24, 2.45) is 0 Å². The van der Waals surface area contributed by atoms with Crippen molar-refractivity contribution in [1.29, 1.82) is 0 Å². The van der Waals surface area contributed by atoms with Crippen molar-refractivity contribution < 1.29 is 0 Å². The van der Waals surface area contributed by atoms with Gasteiger partial charge in [-0.05, 0) is 23.1 Å². The van der Waals surface area contributed by atoms with E-state index in [1.165, 1.54) is 11.1 Å². The summed E-state index contributed by atoms with van der Waals surface area (Å²) in [6, 6.07) is 9.67. The van der Waals surface area contributed by atoms with E-state index in [-0.39, 0.29) is 5.41 Å². The minimum Gasteiger partial charge on any atom is -0.313 e. The van der Waals surface area contributed by atoms with E-state index in [0.29, 0.717) is 6.04 Å². The van der Waals surface area contributed by atoms with Crippen LogP contribution in [0, 0.1) is 0 Å². The molecule has 1 N–H and O–H groups in total. The lowest BCUT2D eigenvalue weighted by Gasteiger charge is -2.23. The predicted molar refractivity (Wildman–Crippen MR) is 89.2 cm³/mol. The molecule has 0 aliphatic rings. The van der Waals surface area contributed by atoms with Gasteiger partial charge in [0, 0.05) is 25.7 Å². The third-order valence-electron chi connectivity index (χ3n) is 3.65. The first kappa shape index (κ1) is 17.2. The summed E-state index contributed by atoms with van der Waals surface area (Å²) < 4.78 is 0. The fraction of sp³-hybridized carbons (Fsp3) is 0.667. The van der Waals surface area contributed by atoms with Gasteiger partial charge in [-0.2, -0.15) is 0 Å². The van der Waals surface area contributed by atoms with Crippen LogP contribution >= 0.6 is 0 Å². The SMILES string of the molecule is CCN(CCNC(C)C)Cc1ccc(C(C)(C)C)cc1. The third kappa shape index (κ3) is 6.06. The van der Waals surface area contributed by atoms with E-state index in [9.17, 15) is 0 Å². The van der Waals surface area contributed by atoms with Gasteiger partial charge in [-0.15, -0.1) is 0 Å². The molecular weight excluding hydrogens is 244 g/mol. The van der Waals surface area contributed by atoms with E-state index in [1.54, 1.807) is 0 Å². The molecule has 0 aliphatic carbocycles. The van der Waals surface area contributed by atoms with Gasteiger partial charge in [-0.25, -0.2) is 0 Å². The zero-order valence-electron chi connectivity index (χ0n) is 14.2. The van der Waals surface area contributed by atoms with Gasteiger partial charge >= 0.3 is 0 Å². The molecule has 1 rings (SSSR count). The zero-order chi connectivity index (χ0) is 15.2. The average molecular weight is 276 g/mol. The molecule has 0 amide bonds. The first-order valence-corrected chi connectivity index (χ1v) is 7.88. The molecule has 0 unspecified atom stereocenters. The fourth-order valence-corrected chi connectivity index (χ4v) is 2.23. The summed E-state index contributed by atoms with van der Waals surface area (Å²) in [7, 11) is 0. The van der Waals surface area contributed by atoms with Crippen LogP contribution < -0.4 is 5.32 Å². The third-order valence-corrected chi connectivity index (χ3v) is 3.65. The molecule has 0 saturated heterocycles. The Labute approximate surface area is 125 Å². The molecule has 0 bridgehead atoms. The highest BCUT2D eigenvalue weighted by Gasteiger charge is 2.13. The number of rotatable bonds is 7. The molecule has 0 aromatic heterocycles. The van der Waals surface area contributed by atoms with Gasteiger partial charge in [0.25, 0.3) is 0 Å². The summed E-state index contributed by atoms with van der Waals surface area (Å²) in [5.41, 5.74) is 3.06. The van der Waals surface area contributed by atoms with Crippen molar-refractivity contribution in [3.05, 3.63) is 35.4 Å². The van der Waals surface area contributed by atoms with E-state index < -0.39 is 0 Å². The molecule has 0 radical (unpaired) electrons. The minimum absolute atomic E-state index is 0.240. The van der Waals surface area contributed by atoms with Crippen molar-refractivity contribution in [3.63, 3.8) is 0 Å². The normalized spacial score (nSPS) is 12.4. The van der Waals surface area contributed by atoms with Crippen LogP contribution in [0.15, 0.2) is 24.3 Å². The number of nitrogens with zero attached hydrogens (tertiary/aromatic N) is 1. The molecule has 2 nitrogen and oxygen atoms in total. The van der Waals surface area contributed by atoms with Crippen molar-refractivity contribution in [1.82, 2.24) is 10.2 Å². The van der Waals surface area contributed by atoms with E-state index >= 15 is 0 Å². The summed E-state index contributed by atoms with van der Waals surface area (Å²) in [6.45, 7) is 17.7. The van der Waals surface area contributed by atoms with Crippen molar-refractivity contribution >= 4 is 0 Å². The number of benzene rings is 1. The topological polar surface area (TPSA) is 15.3 Å². The standard InChI is InChI=1S/C18H32N2/c1-7-20(13-12-19-15(2)3)14-16-8-10-17(11-9-16)18(4,5)6/h8-11,15,19H,7,12-14H2,1-6H3. The molecule has 0 spiro atoms. The quantitative estimate of drug-likeness (QED) is 0.815. The van der Waals surface area contributed by atoms with E-state index in [0.717, 1.165) is 26.2 Å². The molecule has 0 atom stereocenters. The van der Waals surface area contributed by atoms with Gasteiger partial charge in [0.2, 0.25) is 0 Å². The summed E-state index contributed by atoms with van der Waals surface area (Å²) in [6.07, 6.45) is 0. The highest BCUT2D eigenvalue weighted by Crippen LogP contribution is 2.22. The lowest BCUT2D eigenvalue weighted by molar-refractivity contribution is 0.276. The minimum atomic E-state index is 0.240. The van der Waals surface area contributed by atoms with Crippen LogP contribution in [0.3, 0.4) is 0 Å². The van der Waals surface area contributed by atoms with Crippen LogP contribution in [0.2, 0.25) is 0 Å². The molecule has 20 heavy (non-hydrogen) atoms. The van der Waals surface area contributed by atoms with Crippen LogP contribution in [0.1, 0.15) is 52.7 Å². The summed E-state index contributed by atoms with van der Waals surface area (Å²) in [4.78, 5) is 2.49. The smallest absolute Gasteiger partial charge is 0.0234 e. The largest absolute Gasteiger partial charge is 0.313 e. The van der Waals surface area contributed by atoms with Crippen LogP contribution in [0.25, 0.3) is 0 Å². The van der Waals surface area contributed by atoms with Gasteiger partial charge < -0.3 is 5.32 Å². The molecule has 0 aliphatic heterocycles. The first-order chi connectivity index (χ1) is 9.32. The monoisotopic (exact) mass is 276 g/mol. The molecule has 2 heteroatoms. The van der Waals surface area contributed by atoms with Gasteiger partial charge in [-0.3, -0.25) is 4.90 Å². The van der Waals surface area contributed by atoms with Crippen LogP contribution in [0.5, 0.6) is 0 Å². The van der Waals surface area contributed by atoms with Gasteiger partial charge in [-0.1, -0.05) is 65.8 Å². The van der Waals surface area contributed by atoms with Gasteiger partial charge in [0.05, 0.1) is 0 Å². The Morgan fingerprint density at radius 1 is 1.10 bits per heavy atom. The Bertz CT molecular complexity index is 373. The van der Waals surface area contributed by atoms with Crippen molar-refractivity contribution in [2.75, 3.05) is 19.6 Å². The molecule has 114 valence electrons. The molecule has 0 saturated carbocycles. The Morgan fingerprint density at radius 3 is 2.15 bits per heavy atom. The second-order valence-electron chi connectivity index (χ2n) is 6.92. The van der Waals surface area contributed by atoms with E-state index in [2.05, 4.69) is 76.0 Å². The van der Waals surface area contributed by atoms with Crippen molar-refractivity contribution in [3.8, 4) is 0 Å². The highest BCUT2D eigenvalue weighted by atomic mass is 15.1. The van der Waals surface area contributed by atoms with E-state index in [1.807, 2.05) is 0 Å². The lowest BCUT2D eigenvalue weighted by atomic mass is 9.87. The first-order valence-electron chi connectivity index (χ1n) is 7.88. The molecule has 0 fully saturated rings. The Kier molecular flexibility index (Phi) is 6.70. The van der Waals surface area contributed by atoms with Gasteiger partial charge in [0.15, 0.2) is 0 Å². The molecule has 1 aromatic carbocycles. The van der Waals surface area contributed by atoms with Crippen LogP contribution in [0.4, 0.5) is 0 Å². The molecule has 1 aromatic rings.